The molecular formula is C26H23F3N2O2. The summed E-state index contributed by atoms with van der Waals surface area (Å²) in [5, 5.41) is 0. The highest BCUT2D eigenvalue weighted by atomic mass is 19.4. The Morgan fingerprint density at radius 3 is 1.94 bits per heavy atom. The van der Waals surface area contributed by atoms with Gasteiger partial charge in [-0.2, -0.15) is 13.2 Å². The van der Waals surface area contributed by atoms with Crippen LogP contribution in [0.15, 0.2) is 108 Å². The maximum absolute atomic E-state index is 13.9. The summed E-state index contributed by atoms with van der Waals surface area (Å²) < 4.78 is 46.9. The third-order valence-corrected chi connectivity index (χ3v) is 4.68. The van der Waals surface area contributed by atoms with Crippen LogP contribution in [0.4, 0.5) is 18.0 Å². The minimum atomic E-state index is -4.77. The Labute approximate surface area is 190 Å². The van der Waals surface area contributed by atoms with Gasteiger partial charge in [-0.15, -0.1) is 0 Å². The average Bonchev–Trinajstić information content (AvgIpc) is 2.82. The molecule has 7 heteroatoms. The maximum atomic E-state index is 13.9. The number of rotatable bonds is 7. The quantitative estimate of drug-likeness (QED) is 0.373. The molecule has 3 rings (SSSR count). The van der Waals surface area contributed by atoms with Crippen molar-refractivity contribution in [3.8, 4) is 0 Å². The van der Waals surface area contributed by atoms with Gasteiger partial charge in [0.2, 0.25) is 0 Å². The van der Waals surface area contributed by atoms with Crippen molar-refractivity contribution in [2.45, 2.75) is 26.3 Å². The third kappa shape index (κ3) is 7.35. The van der Waals surface area contributed by atoms with Gasteiger partial charge in [0.15, 0.2) is 5.70 Å². The molecule has 0 aliphatic heterocycles. The summed E-state index contributed by atoms with van der Waals surface area (Å²) in [5.74, 6) is 0. The summed E-state index contributed by atoms with van der Waals surface area (Å²) in [7, 11) is 0. The minimum Gasteiger partial charge on any atom is -0.444 e. The van der Waals surface area contributed by atoms with E-state index in [2.05, 4.69) is 4.99 Å². The standard InChI is InChI=1S/C26H23F3N2O2/c1-20(23-15-9-4-10-16-23)30-24(26(27,28)29)18-31(17-21-11-5-2-6-12-21)25(32)33-19-22-13-7-3-8-14-22/h2-16,18H,17,19H2,1H3/b24-18-,30-20?. The molecule has 0 N–H and O–H groups in total. The van der Waals surface area contributed by atoms with E-state index in [-0.39, 0.29) is 18.9 Å². The van der Waals surface area contributed by atoms with Crippen LogP contribution in [0.3, 0.4) is 0 Å². The second-order valence-electron chi connectivity index (χ2n) is 7.23. The number of allylic oxidation sites excluding steroid dienone is 1. The number of aliphatic imine (C=N–C) groups is 1. The van der Waals surface area contributed by atoms with Crippen molar-refractivity contribution in [1.82, 2.24) is 4.90 Å². The molecule has 0 bridgehead atoms. The molecule has 33 heavy (non-hydrogen) atoms. The largest absolute Gasteiger partial charge is 0.444 e. The molecule has 170 valence electrons. The van der Waals surface area contributed by atoms with E-state index in [0.717, 1.165) is 10.5 Å². The predicted octanol–water partition coefficient (Wildman–Crippen LogP) is 6.74. The zero-order valence-electron chi connectivity index (χ0n) is 18.0. The topological polar surface area (TPSA) is 41.9 Å². The number of hydrogen-bond acceptors (Lipinski definition) is 3. The van der Waals surface area contributed by atoms with E-state index in [9.17, 15) is 18.0 Å². The minimum absolute atomic E-state index is 0.0630. The first-order valence-electron chi connectivity index (χ1n) is 10.2. The van der Waals surface area contributed by atoms with Crippen LogP contribution in [-0.4, -0.2) is 22.9 Å². The molecule has 0 fully saturated rings. The number of amides is 1. The van der Waals surface area contributed by atoms with Gasteiger partial charge in [-0.25, -0.2) is 9.79 Å². The van der Waals surface area contributed by atoms with Gasteiger partial charge in [-0.1, -0.05) is 91.0 Å². The van der Waals surface area contributed by atoms with Crippen molar-refractivity contribution < 1.29 is 22.7 Å². The molecule has 0 aliphatic carbocycles. The maximum Gasteiger partial charge on any atom is 0.434 e. The summed E-state index contributed by atoms with van der Waals surface area (Å²) in [5.41, 5.74) is 0.904. The summed E-state index contributed by atoms with van der Waals surface area (Å²) in [6, 6.07) is 26.2. The lowest BCUT2D eigenvalue weighted by Gasteiger charge is -2.20. The molecule has 0 unspecified atom stereocenters. The molecule has 3 aromatic carbocycles. The van der Waals surface area contributed by atoms with E-state index in [1.165, 1.54) is 6.92 Å². The van der Waals surface area contributed by atoms with Gasteiger partial charge in [0.1, 0.15) is 6.61 Å². The lowest BCUT2D eigenvalue weighted by atomic mass is 10.1. The van der Waals surface area contributed by atoms with E-state index >= 15 is 0 Å². The zero-order valence-corrected chi connectivity index (χ0v) is 18.0. The monoisotopic (exact) mass is 452 g/mol. The van der Waals surface area contributed by atoms with Gasteiger partial charge in [0.05, 0.1) is 6.54 Å². The average molecular weight is 452 g/mol. The first-order chi connectivity index (χ1) is 15.8. The molecule has 0 heterocycles. The number of ether oxygens (including phenoxy) is 1. The van der Waals surface area contributed by atoms with Gasteiger partial charge in [-0.3, -0.25) is 4.90 Å². The van der Waals surface area contributed by atoms with Gasteiger partial charge in [-0.05, 0) is 23.6 Å². The van der Waals surface area contributed by atoms with Crippen LogP contribution < -0.4 is 0 Å². The van der Waals surface area contributed by atoms with Gasteiger partial charge >= 0.3 is 12.3 Å². The van der Waals surface area contributed by atoms with E-state index < -0.39 is 18.0 Å². The van der Waals surface area contributed by atoms with Crippen LogP contribution in [0.1, 0.15) is 23.6 Å². The number of carbonyl (C=O) groups is 1. The molecule has 0 aromatic heterocycles. The first-order valence-corrected chi connectivity index (χ1v) is 10.2. The van der Waals surface area contributed by atoms with Gasteiger partial charge in [0, 0.05) is 11.9 Å². The van der Waals surface area contributed by atoms with Crippen LogP contribution in [0, 0.1) is 0 Å². The summed E-state index contributed by atoms with van der Waals surface area (Å²) in [4.78, 5) is 17.5. The highest BCUT2D eigenvalue weighted by molar-refractivity contribution is 5.99. The Morgan fingerprint density at radius 2 is 1.39 bits per heavy atom. The molecule has 1 amide bonds. The molecule has 3 aromatic rings. The van der Waals surface area contributed by atoms with Crippen molar-refractivity contribution in [3.63, 3.8) is 0 Å². The third-order valence-electron chi connectivity index (χ3n) is 4.68. The van der Waals surface area contributed by atoms with Crippen molar-refractivity contribution in [2.24, 2.45) is 4.99 Å². The molecule has 0 saturated heterocycles. The highest BCUT2D eigenvalue weighted by Crippen LogP contribution is 2.28. The summed E-state index contributed by atoms with van der Waals surface area (Å²) in [6.07, 6.45) is -4.98. The molecule has 0 aliphatic rings. The molecular weight excluding hydrogens is 429 g/mol. The van der Waals surface area contributed by atoms with Gasteiger partial charge in [0.25, 0.3) is 0 Å². The normalized spacial score (nSPS) is 12.4. The van der Waals surface area contributed by atoms with Crippen molar-refractivity contribution >= 4 is 11.8 Å². The smallest absolute Gasteiger partial charge is 0.434 e. The van der Waals surface area contributed by atoms with Crippen LogP contribution in [0.2, 0.25) is 0 Å². The number of halogens is 3. The fourth-order valence-corrected chi connectivity index (χ4v) is 2.98. The molecule has 0 spiro atoms. The summed E-state index contributed by atoms with van der Waals surface area (Å²) in [6.45, 7) is 1.32. The van der Waals surface area contributed by atoms with Crippen LogP contribution in [-0.2, 0) is 17.9 Å². The molecule has 4 nitrogen and oxygen atoms in total. The van der Waals surface area contributed by atoms with Crippen LogP contribution in [0.5, 0.6) is 0 Å². The number of hydrogen-bond donors (Lipinski definition) is 0. The van der Waals surface area contributed by atoms with Crippen molar-refractivity contribution in [2.75, 3.05) is 0 Å². The zero-order chi connectivity index (χ0) is 23.7. The van der Waals surface area contributed by atoms with E-state index in [0.29, 0.717) is 17.3 Å². The van der Waals surface area contributed by atoms with E-state index in [1.807, 2.05) is 6.07 Å². The Bertz CT molecular complexity index is 1100. The number of benzene rings is 3. The van der Waals surface area contributed by atoms with Gasteiger partial charge < -0.3 is 4.74 Å². The lowest BCUT2D eigenvalue weighted by molar-refractivity contribution is -0.0933. The molecule has 0 radical (unpaired) electrons. The Hall–Kier alpha value is -3.87. The lowest BCUT2D eigenvalue weighted by Crippen LogP contribution is -2.28. The Morgan fingerprint density at radius 1 is 0.879 bits per heavy atom. The van der Waals surface area contributed by atoms with Crippen LogP contribution in [0.25, 0.3) is 0 Å². The van der Waals surface area contributed by atoms with Crippen molar-refractivity contribution in [3.05, 3.63) is 120 Å². The Balaban J connectivity index is 1.92. The summed E-state index contributed by atoms with van der Waals surface area (Å²) >= 11 is 0. The second-order valence-corrected chi connectivity index (χ2v) is 7.23. The number of alkyl halides is 3. The fourth-order valence-electron chi connectivity index (χ4n) is 2.98. The highest BCUT2D eigenvalue weighted by Gasteiger charge is 2.35. The Kier molecular flexibility index (Phi) is 8.02. The van der Waals surface area contributed by atoms with Crippen LogP contribution >= 0.6 is 0 Å². The fraction of sp³-hybridized carbons (Fsp3) is 0.154. The second kappa shape index (κ2) is 11.1. The van der Waals surface area contributed by atoms with E-state index in [1.54, 1.807) is 84.9 Å². The molecule has 0 saturated carbocycles. The van der Waals surface area contributed by atoms with E-state index in [4.69, 9.17) is 4.74 Å². The number of carbonyl (C=O) groups excluding carboxylic acids is 1. The SMILES string of the molecule is CC(=N/C(=C\N(Cc1ccccc1)C(=O)OCc1ccccc1)C(F)(F)F)c1ccccc1. The number of nitrogens with zero attached hydrogens (tertiary/aromatic N) is 2. The first kappa shape index (κ1) is 23.8. The predicted molar refractivity (Wildman–Crippen MR) is 121 cm³/mol. The van der Waals surface area contributed by atoms with Crippen molar-refractivity contribution in [1.29, 1.82) is 0 Å². The molecule has 0 atom stereocenters.